The van der Waals surface area contributed by atoms with Crippen LogP contribution in [0, 0.1) is 17.0 Å². The lowest BCUT2D eigenvalue weighted by molar-refractivity contribution is 0.212. The molecular weight excluding hydrogens is 364 g/mol. The van der Waals surface area contributed by atoms with Crippen LogP contribution in [0.3, 0.4) is 0 Å². The van der Waals surface area contributed by atoms with Crippen LogP contribution in [-0.2, 0) is 12.8 Å². The first-order valence-electron chi connectivity index (χ1n) is 10.9. The van der Waals surface area contributed by atoms with Crippen LogP contribution in [0.1, 0.15) is 49.7 Å². The third-order valence-electron chi connectivity index (χ3n) is 7.02. The molecule has 1 heterocycles. The van der Waals surface area contributed by atoms with Crippen LogP contribution in [-0.4, -0.2) is 25.0 Å². The van der Waals surface area contributed by atoms with Gasteiger partial charge in [0.2, 0.25) is 0 Å². The first kappa shape index (κ1) is 20.3. The van der Waals surface area contributed by atoms with Gasteiger partial charge in [-0.15, -0.1) is 0 Å². The van der Waals surface area contributed by atoms with E-state index in [1.165, 1.54) is 36.8 Å². The normalized spacial score (nSPS) is 19.3. The third-order valence-corrected chi connectivity index (χ3v) is 7.02. The molecule has 2 aromatic carbocycles. The van der Waals surface area contributed by atoms with E-state index in [0.29, 0.717) is 0 Å². The van der Waals surface area contributed by atoms with Crippen molar-refractivity contribution >= 4 is 0 Å². The molecule has 3 heteroatoms. The number of benzene rings is 2. The molecule has 154 valence electrons. The highest BCUT2D eigenvalue weighted by Crippen LogP contribution is 2.50. The second-order valence-corrected chi connectivity index (χ2v) is 8.96. The lowest BCUT2D eigenvalue weighted by atomic mass is 9.62. The number of likely N-dealkylation sites (N-methyl/N-ethyl adjacent to an activating group) is 1. The van der Waals surface area contributed by atoms with E-state index in [4.69, 9.17) is 0 Å². The van der Waals surface area contributed by atoms with E-state index in [1.807, 2.05) is 24.3 Å². The maximum Gasteiger partial charge on any atom is 0.123 e. The fourth-order valence-electron chi connectivity index (χ4n) is 5.39. The molecule has 4 rings (SSSR count). The second-order valence-electron chi connectivity index (χ2n) is 8.96. The average Bonchev–Trinajstić information content (AvgIpc) is 2.73. The van der Waals surface area contributed by atoms with E-state index in [2.05, 4.69) is 11.9 Å². The summed E-state index contributed by atoms with van der Waals surface area (Å²) in [5.74, 6) is -0.337. The highest BCUT2D eigenvalue weighted by molar-refractivity contribution is 5.30. The molecule has 0 spiro atoms. The molecule has 0 fully saturated rings. The number of hydrogen-bond acceptors (Lipinski definition) is 1. The van der Waals surface area contributed by atoms with Crippen LogP contribution >= 0.6 is 0 Å². The predicted molar refractivity (Wildman–Crippen MR) is 115 cm³/mol. The van der Waals surface area contributed by atoms with Gasteiger partial charge in [-0.1, -0.05) is 35.4 Å². The van der Waals surface area contributed by atoms with Gasteiger partial charge >= 0.3 is 0 Å². The largest absolute Gasteiger partial charge is 0.302 e. The Bertz CT molecular complexity index is 802. The average molecular weight is 396 g/mol. The summed E-state index contributed by atoms with van der Waals surface area (Å²) in [6, 6.07) is 14.0. The summed E-state index contributed by atoms with van der Waals surface area (Å²) in [6.07, 6.45) is 9.07. The molecule has 0 radical (unpaired) electrons. The number of hydrogen-bond donors (Lipinski definition) is 0. The van der Waals surface area contributed by atoms with Crippen molar-refractivity contribution in [1.82, 2.24) is 4.90 Å². The maximum absolute atomic E-state index is 13.3. The minimum atomic E-state index is -0.169. The first-order valence-corrected chi connectivity index (χ1v) is 10.9. The van der Waals surface area contributed by atoms with Crippen molar-refractivity contribution in [3.8, 4) is 0 Å². The minimum Gasteiger partial charge on any atom is -0.302 e. The topological polar surface area (TPSA) is 3.24 Å². The lowest BCUT2D eigenvalue weighted by Gasteiger charge is -2.45. The summed E-state index contributed by atoms with van der Waals surface area (Å²) in [7, 11) is 2.22. The summed E-state index contributed by atoms with van der Waals surface area (Å²) in [5, 5.41) is 0. The summed E-state index contributed by atoms with van der Waals surface area (Å²) >= 11 is 0. The van der Waals surface area contributed by atoms with Gasteiger partial charge in [-0.05, 0) is 99.2 Å². The molecule has 0 bridgehead atoms. The second kappa shape index (κ2) is 8.79. The van der Waals surface area contributed by atoms with Gasteiger partial charge in [0.25, 0.3) is 0 Å². The minimum absolute atomic E-state index is 0.169. The van der Waals surface area contributed by atoms with Crippen molar-refractivity contribution in [2.24, 2.45) is 5.41 Å². The third kappa shape index (κ3) is 4.78. The lowest BCUT2D eigenvalue weighted by Crippen LogP contribution is -2.38. The van der Waals surface area contributed by atoms with E-state index in [9.17, 15) is 8.78 Å². The van der Waals surface area contributed by atoms with Crippen molar-refractivity contribution in [3.05, 3.63) is 82.4 Å². The smallest absolute Gasteiger partial charge is 0.123 e. The van der Waals surface area contributed by atoms with E-state index < -0.39 is 0 Å². The Morgan fingerprint density at radius 3 is 1.93 bits per heavy atom. The van der Waals surface area contributed by atoms with Crippen LogP contribution in [0.4, 0.5) is 8.78 Å². The Balaban J connectivity index is 1.58. The summed E-state index contributed by atoms with van der Waals surface area (Å²) in [5.41, 5.74) is 6.01. The fraction of sp³-hybridized carbons (Fsp3) is 0.462. The van der Waals surface area contributed by atoms with Crippen molar-refractivity contribution in [2.75, 3.05) is 20.1 Å². The van der Waals surface area contributed by atoms with Gasteiger partial charge in [-0.25, -0.2) is 8.78 Å². The number of nitrogens with zero attached hydrogens (tertiary/aromatic N) is 1. The molecule has 0 atom stereocenters. The number of halogens is 2. The van der Waals surface area contributed by atoms with Gasteiger partial charge < -0.3 is 4.90 Å². The predicted octanol–water partition coefficient (Wildman–Crippen LogP) is 6.33. The van der Waals surface area contributed by atoms with Crippen LogP contribution in [0.25, 0.3) is 0 Å². The first-order chi connectivity index (χ1) is 14.0. The van der Waals surface area contributed by atoms with Crippen molar-refractivity contribution in [2.45, 2.75) is 51.4 Å². The van der Waals surface area contributed by atoms with Crippen LogP contribution in [0.5, 0.6) is 0 Å². The highest BCUT2D eigenvalue weighted by atomic mass is 19.1. The molecule has 29 heavy (non-hydrogen) atoms. The molecule has 1 aliphatic carbocycles. The molecule has 0 saturated carbocycles. The molecular formula is C26H31F2N. The van der Waals surface area contributed by atoms with Crippen LogP contribution in [0.2, 0.25) is 0 Å². The van der Waals surface area contributed by atoms with E-state index in [-0.39, 0.29) is 17.0 Å². The SMILES string of the molecule is CN1CCC2=C(CCCC2(CCc2ccc(F)cc2)CCc2ccc(F)cc2)C1. The Morgan fingerprint density at radius 2 is 1.38 bits per heavy atom. The number of rotatable bonds is 6. The van der Waals surface area contributed by atoms with Gasteiger partial charge in [0.05, 0.1) is 0 Å². The summed E-state index contributed by atoms with van der Waals surface area (Å²) in [6.45, 7) is 2.23. The fourth-order valence-corrected chi connectivity index (χ4v) is 5.39. The molecule has 1 nitrogen and oxygen atoms in total. The summed E-state index contributed by atoms with van der Waals surface area (Å²) in [4.78, 5) is 2.44. The molecule has 0 amide bonds. The van der Waals surface area contributed by atoms with Crippen molar-refractivity contribution < 1.29 is 8.78 Å². The standard InChI is InChI=1S/C26H31F2N/c1-29-18-14-25-22(19-29)3-2-15-26(25,16-12-20-4-8-23(27)9-5-20)17-13-21-6-10-24(28)11-7-21/h4-11H,2-3,12-19H2,1H3. The van der Waals surface area contributed by atoms with Gasteiger partial charge in [-0.3, -0.25) is 0 Å². The van der Waals surface area contributed by atoms with Gasteiger partial charge in [0.15, 0.2) is 0 Å². The van der Waals surface area contributed by atoms with Gasteiger partial charge in [0.1, 0.15) is 11.6 Å². The molecule has 0 aromatic heterocycles. The van der Waals surface area contributed by atoms with Gasteiger partial charge in [0, 0.05) is 13.1 Å². The molecule has 1 aliphatic heterocycles. The van der Waals surface area contributed by atoms with Crippen LogP contribution in [0.15, 0.2) is 59.7 Å². The van der Waals surface area contributed by atoms with E-state index >= 15 is 0 Å². The zero-order valence-corrected chi connectivity index (χ0v) is 17.4. The Labute approximate surface area is 173 Å². The van der Waals surface area contributed by atoms with Crippen LogP contribution < -0.4 is 0 Å². The zero-order chi connectivity index (χ0) is 20.3. The molecule has 0 N–H and O–H groups in total. The molecule has 2 aromatic rings. The van der Waals surface area contributed by atoms with Crippen molar-refractivity contribution in [1.29, 1.82) is 0 Å². The molecule has 0 saturated heterocycles. The Morgan fingerprint density at radius 1 is 0.828 bits per heavy atom. The van der Waals surface area contributed by atoms with Gasteiger partial charge in [-0.2, -0.15) is 0 Å². The quantitative estimate of drug-likeness (QED) is 0.516. The molecule has 2 aliphatic rings. The summed E-state index contributed by atoms with van der Waals surface area (Å²) < 4.78 is 26.6. The van der Waals surface area contributed by atoms with E-state index in [0.717, 1.165) is 38.8 Å². The maximum atomic E-state index is 13.3. The number of aryl methyl sites for hydroxylation is 2. The zero-order valence-electron chi connectivity index (χ0n) is 17.4. The Kier molecular flexibility index (Phi) is 6.15. The monoisotopic (exact) mass is 395 g/mol. The Hall–Kier alpha value is -2.00. The van der Waals surface area contributed by atoms with E-state index in [1.54, 1.807) is 35.4 Å². The van der Waals surface area contributed by atoms with Crippen molar-refractivity contribution in [3.63, 3.8) is 0 Å². The molecule has 0 unspecified atom stereocenters. The highest BCUT2D eigenvalue weighted by Gasteiger charge is 2.39.